The van der Waals surface area contributed by atoms with Gasteiger partial charge in [0.2, 0.25) is 10.0 Å². The van der Waals surface area contributed by atoms with Crippen LogP contribution in [0.3, 0.4) is 0 Å². The van der Waals surface area contributed by atoms with Crippen molar-refractivity contribution in [2.24, 2.45) is 0 Å². The Bertz CT molecular complexity index is 1220. The highest BCUT2D eigenvalue weighted by Crippen LogP contribution is 2.31. The van der Waals surface area contributed by atoms with E-state index < -0.39 is 15.9 Å². The summed E-state index contributed by atoms with van der Waals surface area (Å²) in [5, 5.41) is 1.38. The summed E-state index contributed by atoms with van der Waals surface area (Å²) in [6.45, 7) is 0.504. The summed E-state index contributed by atoms with van der Waals surface area (Å²) < 4.78 is 31.1. The number of amides is 1. The highest BCUT2D eigenvalue weighted by Gasteiger charge is 2.20. The van der Waals surface area contributed by atoms with Crippen LogP contribution in [0.5, 0.6) is 5.75 Å². The van der Waals surface area contributed by atoms with Crippen LogP contribution in [0, 0.1) is 0 Å². The van der Waals surface area contributed by atoms with Crippen LogP contribution in [0.1, 0.15) is 40.0 Å². The number of aromatic amines is 1. The number of H-pyrrole nitrogens is 1. The zero-order valence-electron chi connectivity index (χ0n) is 16.6. The molecule has 0 unspecified atom stereocenters. The normalized spacial score (nSPS) is 13.4. The maximum Gasteiger partial charge on any atom is 0.281 e. The number of carbonyl (C=O) groups excluding carboxylic acids is 1. The van der Waals surface area contributed by atoms with Crippen molar-refractivity contribution in [2.75, 3.05) is 12.9 Å². The van der Waals surface area contributed by atoms with E-state index in [1.54, 1.807) is 12.1 Å². The van der Waals surface area contributed by atoms with Gasteiger partial charge in [-0.15, -0.1) is 0 Å². The molecule has 0 saturated heterocycles. The van der Waals surface area contributed by atoms with Gasteiger partial charge in [-0.3, -0.25) is 4.79 Å². The average Bonchev–Trinajstić information content (AvgIpc) is 3.28. The smallest absolute Gasteiger partial charge is 0.281 e. The molecule has 2 N–H and O–H groups in total. The number of halogens is 1. The molecule has 1 aliphatic carbocycles. The van der Waals surface area contributed by atoms with Crippen molar-refractivity contribution in [1.29, 1.82) is 0 Å². The van der Waals surface area contributed by atoms with Gasteiger partial charge >= 0.3 is 0 Å². The molecule has 4 rings (SSSR count). The highest BCUT2D eigenvalue weighted by molar-refractivity contribution is 7.89. The van der Waals surface area contributed by atoms with E-state index in [0.717, 1.165) is 42.2 Å². The number of fused-ring (bicyclic) bond motifs is 2. The van der Waals surface area contributed by atoms with Gasteiger partial charge in [-0.2, -0.15) is 0 Å². The van der Waals surface area contributed by atoms with E-state index in [0.29, 0.717) is 30.0 Å². The van der Waals surface area contributed by atoms with Crippen LogP contribution >= 0.6 is 11.6 Å². The molecule has 3 aromatic rings. The third-order valence-electron chi connectivity index (χ3n) is 5.30. The number of benzene rings is 2. The molecule has 2 aromatic carbocycles. The van der Waals surface area contributed by atoms with Crippen LogP contribution in [0.4, 0.5) is 0 Å². The van der Waals surface area contributed by atoms with E-state index in [1.165, 1.54) is 11.1 Å². The molecule has 0 atom stereocenters. The van der Waals surface area contributed by atoms with Crippen molar-refractivity contribution in [3.63, 3.8) is 0 Å². The van der Waals surface area contributed by atoms with Crippen molar-refractivity contribution < 1.29 is 17.9 Å². The fourth-order valence-electron chi connectivity index (χ4n) is 4.05. The molecule has 0 radical (unpaired) electrons. The van der Waals surface area contributed by atoms with Gasteiger partial charge in [0, 0.05) is 15.9 Å². The largest absolute Gasteiger partial charge is 0.493 e. The van der Waals surface area contributed by atoms with Gasteiger partial charge in [0.05, 0.1) is 12.9 Å². The Morgan fingerprint density at radius 3 is 2.87 bits per heavy atom. The first-order valence-electron chi connectivity index (χ1n) is 9.87. The number of hydrogen-bond acceptors (Lipinski definition) is 4. The van der Waals surface area contributed by atoms with E-state index in [-0.39, 0.29) is 5.69 Å². The Kier molecular flexibility index (Phi) is 5.75. The van der Waals surface area contributed by atoms with E-state index in [9.17, 15) is 13.2 Å². The zero-order valence-corrected chi connectivity index (χ0v) is 18.2. The lowest BCUT2D eigenvalue weighted by Gasteiger charge is -2.11. The molecule has 0 aliphatic heterocycles. The molecular formula is C22H23ClN2O4S. The Morgan fingerprint density at radius 2 is 2.07 bits per heavy atom. The van der Waals surface area contributed by atoms with Crippen LogP contribution in [0.15, 0.2) is 36.4 Å². The summed E-state index contributed by atoms with van der Waals surface area (Å²) in [5.41, 5.74) is 4.34. The van der Waals surface area contributed by atoms with E-state index in [2.05, 4.69) is 11.1 Å². The first kappa shape index (κ1) is 20.8. The molecule has 1 aromatic heterocycles. The number of carbonyl (C=O) groups is 1. The summed E-state index contributed by atoms with van der Waals surface area (Å²) in [4.78, 5) is 15.6. The number of hydrogen-bond donors (Lipinski definition) is 2. The van der Waals surface area contributed by atoms with Crippen molar-refractivity contribution in [1.82, 2.24) is 9.71 Å². The van der Waals surface area contributed by atoms with Gasteiger partial charge in [0.1, 0.15) is 11.4 Å². The van der Waals surface area contributed by atoms with Gasteiger partial charge in [0.25, 0.3) is 5.91 Å². The van der Waals surface area contributed by atoms with E-state index in [1.807, 2.05) is 22.9 Å². The first-order valence-corrected chi connectivity index (χ1v) is 12.1. The summed E-state index contributed by atoms with van der Waals surface area (Å²) in [5.74, 6) is 0.257. The fraction of sp³-hybridized carbons (Fsp3) is 0.318. The lowest BCUT2D eigenvalue weighted by Crippen LogP contribution is -2.30. The van der Waals surface area contributed by atoms with E-state index >= 15 is 0 Å². The standard InChI is InChI=1S/C22H23ClN2O4S/c1-30(27,28)25-22(26)21-18(17-11-10-15(23)13-19(17)24-21)8-4-12-29-20-9-3-6-14-5-2-7-16(14)20/h3,6,9-11,13,24H,2,4-5,7-8,12H2,1H3,(H,25,26). The predicted molar refractivity (Wildman–Crippen MR) is 118 cm³/mol. The third-order valence-corrected chi connectivity index (χ3v) is 6.10. The number of sulfonamides is 1. The predicted octanol–water partition coefficient (Wildman–Crippen LogP) is 4.01. The highest BCUT2D eigenvalue weighted by atomic mass is 35.5. The topological polar surface area (TPSA) is 88.3 Å². The van der Waals surface area contributed by atoms with Gasteiger partial charge in [-0.25, -0.2) is 13.1 Å². The third kappa shape index (κ3) is 4.47. The van der Waals surface area contributed by atoms with Gasteiger partial charge in [0.15, 0.2) is 0 Å². The minimum atomic E-state index is -3.67. The molecule has 158 valence electrons. The maximum atomic E-state index is 12.5. The summed E-state index contributed by atoms with van der Waals surface area (Å²) in [6, 6.07) is 11.5. The molecular weight excluding hydrogens is 424 g/mol. The molecule has 1 amide bonds. The Hall–Kier alpha value is -2.51. The van der Waals surface area contributed by atoms with Crippen LogP contribution in [-0.2, 0) is 29.3 Å². The molecule has 0 saturated carbocycles. The number of aromatic nitrogens is 1. The molecule has 0 spiro atoms. The second-order valence-electron chi connectivity index (χ2n) is 7.57. The summed E-state index contributed by atoms with van der Waals surface area (Å²) in [7, 11) is -3.67. The molecule has 0 fully saturated rings. The lowest BCUT2D eigenvalue weighted by atomic mass is 10.1. The number of rotatable bonds is 7. The Labute approximate surface area is 180 Å². The second kappa shape index (κ2) is 8.32. The van der Waals surface area contributed by atoms with Crippen molar-refractivity contribution in [3.05, 3.63) is 63.8 Å². The van der Waals surface area contributed by atoms with Crippen LogP contribution in [0.25, 0.3) is 10.9 Å². The van der Waals surface area contributed by atoms with Crippen molar-refractivity contribution >= 4 is 38.4 Å². The van der Waals surface area contributed by atoms with Crippen molar-refractivity contribution in [2.45, 2.75) is 32.1 Å². The first-order chi connectivity index (χ1) is 14.3. The Morgan fingerprint density at radius 1 is 1.23 bits per heavy atom. The van der Waals surface area contributed by atoms with Crippen LogP contribution in [-0.4, -0.2) is 32.2 Å². The van der Waals surface area contributed by atoms with Gasteiger partial charge < -0.3 is 9.72 Å². The molecule has 1 heterocycles. The van der Waals surface area contributed by atoms with Crippen molar-refractivity contribution in [3.8, 4) is 5.75 Å². The van der Waals surface area contributed by atoms with Crippen LogP contribution in [0.2, 0.25) is 5.02 Å². The summed E-state index contributed by atoms with van der Waals surface area (Å²) in [6.07, 6.45) is 5.50. The SMILES string of the molecule is CS(=O)(=O)NC(=O)c1[nH]c2cc(Cl)ccc2c1CCCOc1cccc2c1CCC2. The van der Waals surface area contributed by atoms with Crippen LogP contribution < -0.4 is 9.46 Å². The van der Waals surface area contributed by atoms with E-state index in [4.69, 9.17) is 16.3 Å². The fourth-order valence-corrected chi connectivity index (χ4v) is 4.66. The zero-order chi connectivity index (χ0) is 21.3. The molecule has 1 aliphatic rings. The molecule has 6 nitrogen and oxygen atoms in total. The molecule has 8 heteroatoms. The Balaban J connectivity index is 1.52. The minimum absolute atomic E-state index is 0.235. The number of aryl methyl sites for hydroxylation is 2. The summed E-state index contributed by atoms with van der Waals surface area (Å²) >= 11 is 6.07. The van der Waals surface area contributed by atoms with Gasteiger partial charge in [-0.05, 0) is 67.0 Å². The lowest BCUT2D eigenvalue weighted by molar-refractivity contribution is 0.0976. The molecule has 0 bridgehead atoms. The van der Waals surface area contributed by atoms with Gasteiger partial charge in [-0.1, -0.05) is 29.8 Å². The number of ether oxygens (including phenoxy) is 1. The maximum absolute atomic E-state index is 12.5. The molecule has 30 heavy (non-hydrogen) atoms. The average molecular weight is 447 g/mol. The quantitative estimate of drug-likeness (QED) is 0.536. The minimum Gasteiger partial charge on any atom is -0.493 e. The second-order valence-corrected chi connectivity index (χ2v) is 9.76. The number of nitrogens with one attached hydrogen (secondary N) is 2. The monoisotopic (exact) mass is 446 g/mol.